The van der Waals surface area contributed by atoms with Crippen LogP contribution in [0.5, 0.6) is 0 Å². The molecule has 0 bridgehead atoms. The van der Waals surface area contributed by atoms with Crippen LogP contribution in [0.4, 0.5) is 0 Å². The molecule has 0 unspecified atom stereocenters. The average Bonchev–Trinajstić information content (AvgIpc) is 3.11. The van der Waals surface area contributed by atoms with Crippen molar-refractivity contribution in [2.24, 2.45) is 11.8 Å². The molecule has 5 nitrogen and oxygen atoms in total. The molecular formula is C20H22N2O3. The lowest BCUT2D eigenvalue weighted by atomic mass is 9.86. The van der Waals surface area contributed by atoms with E-state index in [1.54, 1.807) is 6.20 Å². The predicted molar refractivity (Wildman–Crippen MR) is 93.4 cm³/mol. The minimum absolute atomic E-state index is 0.0683. The second-order valence-corrected chi connectivity index (χ2v) is 5.93. The number of ketones is 2. The van der Waals surface area contributed by atoms with Crippen LogP contribution in [0.1, 0.15) is 39.0 Å². The van der Waals surface area contributed by atoms with Gasteiger partial charge >= 0.3 is 0 Å². The van der Waals surface area contributed by atoms with Crippen LogP contribution in [-0.4, -0.2) is 16.6 Å². The Morgan fingerprint density at radius 2 is 1.88 bits per heavy atom. The van der Waals surface area contributed by atoms with Crippen molar-refractivity contribution in [2.75, 3.05) is 0 Å². The minimum Gasteiger partial charge on any atom is -0.441 e. The molecule has 1 aromatic carbocycles. The Balaban J connectivity index is 1.98. The number of Topliss-reactive ketones (excluding diaryl/α,β-unsaturated/α-hetero) is 2. The first-order valence-electron chi connectivity index (χ1n) is 8.56. The summed E-state index contributed by atoms with van der Waals surface area (Å²) in [7, 11) is 0. The van der Waals surface area contributed by atoms with Gasteiger partial charge in [-0.1, -0.05) is 44.2 Å². The van der Waals surface area contributed by atoms with Crippen LogP contribution in [0, 0.1) is 23.2 Å². The van der Waals surface area contributed by atoms with E-state index < -0.39 is 5.92 Å². The molecular weight excluding hydrogens is 316 g/mol. The number of hydrogen-bond donors (Lipinski definition) is 0. The molecule has 0 saturated carbocycles. The third kappa shape index (κ3) is 4.63. The Morgan fingerprint density at radius 1 is 1.20 bits per heavy atom. The van der Waals surface area contributed by atoms with Gasteiger partial charge in [-0.05, 0) is 12.8 Å². The van der Waals surface area contributed by atoms with Gasteiger partial charge in [-0.25, -0.2) is 4.98 Å². The number of oxazole rings is 1. The standard InChI is InChI=1S/C20H22N2O3/c1-3-14(4-2)20(24)16(12-21)17(23)10-11-19-22-13-18(25-19)15-8-6-5-7-9-15/h5-9,13-14,16H,3-4,10-11H2,1-2H3/t16-/m0/s1. The summed E-state index contributed by atoms with van der Waals surface area (Å²) in [6.45, 7) is 3.78. The molecule has 0 saturated heterocycles. The van der Waals surface area contributed by atoms with Crippen molar-refractivity contribution >= 4 is 11.6 Å². The molecule has 2 aromatic rings. The maximum absolute atomic E-state index is 12.3. The lowest BCUT2D eigenvalue weighted by molar-refractivity contribution is -0.133. The van der Waals surface area contributed by atoms with Gasteiger partial charge < -0.3 is 4.42 Å². The van der Waals surface area contributed by atoms with E-state index in [2.05, 4.69) is 4.98 Å². The zero-order valence-electron chi connectivity index (χ0n) is 14.6. The number of aromatic nitrogens is 1. The second-order valence-electron chi connectivity index (χ2n) is 5.93. The topological polar surface area (TPSA) is 84.0 Å². The highest BCUT2D eigenvalue weighted by atomic mass is 16.4. The maximum Gasteiger partial charge on any atom is 0.195 e. The fourth-order valence-corrected chi connectivity index (χ4v) is 2.76. The summed E-state index contributed by atoms with van der Waals surface area (Å²) >= 11 is 0. The van der Waals surface area contributed by atoms with Crippen LogP contribution >= 0.6 is 0 Å². The number of rotatable bonds is 9. The molecule has 0 radical (unpaired) electrons. The molecule has 1 heterocycles. The molecule has 5 heteroatoms. The molecule has 0 fully saturated rings. The van der Waals surface area contributed by atoms with Crippen molar-refractivity contribution in [3.05, 3.63) is 42.4 Å². The smallest absolute Gasteiger partial charge is 0.195 e. The largest absolute Gasteiger partial charge is 0.441 e. The van der Waals surface area contributed by atoms with Gasteiger partial charge in [0.05, 0.1) is 12.3 Å². The fraction of sp³-hybridized carbons (Fsp3) is 0.400. The average molecular weight is 338 g/mol. The summed E-state index contributed by atoms with van der Waals surface area (Å²) in [6.07, 6.45) is 3.24. The first kappa shape index (κ1) is 18.6. The van der Waals surface area contributed by atoms with Crippen molar-refractivity contribution in [1.29, 1.82) is 5.26 Å². The molecule has 2 rings (SSSR count). The molecule has 0 aliphatic rings. The van der Waals surface area contributed by atoms with Gasteiger partial charge in [0.2, 0.25) is 0 Å². The van der Waals surface area contributed by atoms with E-state index in [1.165, 1.54) is 0 Å². The van der Waals surface area contributed by atoms with Gasteiger partial charge in [0, 0.05) is 24.3 Å². The van der Waals surface area contributed by atoms with E-state index >= 15 is 0 Å². The molecule has 1 aromatic heterocycles. The molecule has 1 atom stereocenters. The van der Waals surface area contributed by atoms with Crippen molar-refractivity contribution in [2.45, 2.75) is 39.5 Å². The van der Waals surface area contributed by atoms with Crippen LogP contribution in [-0.2, 0) is 16.0 Å². The van der Waals surface area contributed by atoms with E-state index in [4.69, 9.17) is 4.42 Å². The third-order valence-electron chi connectivity index (χ3n) is 4.32. The van der Waals surface area contributed by atoms with E-state index in [0.29, 0.717) is 24.5 Å². The van der Waals surface area contributed by atoms with Crippen LogP contribution < -0.4 is 0 Å². The Kier molecular flexibility index (Phi) is 6.64. The van der Waals surface area contributed by atoms with Crippen molar-refractivity contribution in [3.8, 4) is 17.4 Å². The summed E-state index contributed by atoms with van der Waals surface area (Å²) in [6, 6.07) is 11.4. The zero-order valence-corrected chi connectivity index (χ0v) is 14.6. The number of hydrogen-bond acceptors (Lipinski definition) is 5. The number of nitriles is 1. The van der Waals surface area contributed by atoms with Gasteiger partial charge in [0.15, 0.2) is 29.1 Å². The molecule has 0 spiro atoms. The predicted octanol–water partition coefficient (Wildman–Crippen LogP) is 3.99. The second kappa shape index (κ2) is 8.93. The molecule has 0 aliphatic heterocycles. The zero-order chi connectivity index (χ0) is 18.2. The molecule has 0 N–H and O–H groups in total. The van der Waals surface area contributed by atoms with Gasteiger partial charge in [-0.3, -0.25) is 9.59 Å². The lowest BCUT2D eigenvalue weighted by Crippen LogP contribution is -2.28. The first-order chi connectivity index (χ1) is 12.1. The van der Waals surface area contributed by atoms with Gasteiger partial charge in [0.25, 0.3) is 0 Å². The lowest BCUT2D eigenvalue weighted by Gasteiger charge is -2.14. The van der Waals surface area contributed by atoms with Crippen LogP contribution in [0.15, 0.2) is 40.9 Å². The Bertz CT molecular complexity index is 755. The maximum atomic E-state index is 12.3. The Labute approximate surface area is 147 Å². The SMILES string of the molecule is CCC(CC)C(=O)[C@@H](C#N)C(=O)CCc1ncc(-c2ccccc2)o1. The molecule has 25 heavy (non-hydrogen) atoms. The normalized spacial score (nSPS) is 11.9. The quantitative estimate of drug-likeness (QED) is 0.645. The van der Waals surface area contributed by atoms with Crippen LogP contribution in [0.25, 0.3) is 11.3 Å². The Morgan fingerprint density at radius 3 is 2.48 bits per heavy atom. The Hall–Kier alpha value is -2.74. The minimum atomic E-state index is -1.19. The van der Waals surface area contributed by atoms with E-state index in [1.807, 2.05) is 50.2 Å². The highest BCUT2D eigenvalue weighted by Crippen LogP contribution is 2.21. The number of nitrogens with zero attached hydrogens (tertiary/aromatic N) is 2. The number of carbonyl (C=O) groups excluding carboxylic acids is 2. The van der Waals surface area contributed by atoms with Crippen molar-refractivity contribution < 1.29 is 14.0 Å². The summed E-state index contributed by atoms with van der Waals surface area (Å²) < 4.78 is 5.65. The summed E-state index contributed by atoms with van der Waals surface area (Å²) in [5.41, 5.74) is 0.909. The molecule has 130 valence electrons. The van der Waals surface area contributed by atoms with Crippen LogP contribution in [0.2, 0.25) is 0 Å². The molecule has 0 aliphatic carbocycles. The van der Waals surface area contributed by atoms with Gasteiger partial charge in [0.1, 0.15) is 0 Å². The van der Waals surface area contributed by atoms with Gasteiger partial charge in [-0.2, -0.15) is 5.26 Å². The number of benzene rings is 1. The van der Waals surface area contributed by atoms with E-state index in [0.717, 1.165) is 5.56 Å². The number of carbonyl (C=O) groups is 2. The molecule has 0 amide bonds. The van der Waals surface area contributed by atoms with Crippen molar-refractivity contribution in [1.82, 2.24) is 4.98 Å². The highest BCUT2D eigenvalue weighted by molar-refractivity contribution is 6.05. The van der Waals surface area contributed by atoms with Gasteiger partial charge in [-0.15, -0.1) is 0 Å². The van der Waals surface area contributed by atoms with E-state index in [-0.39, 0.29) is 30.3 Å². The summed E-state index contributed by atoms with van der Waals surface area (Å²) in [4.78, 5) is 28.8. The van der Waals surface area contributed by atoms with E-state index in [9.17, 15) is 14.9 Å². The van der Waals surface area contributed by atoms with Crippen LogP contribution in [0.3, 0.4) is 0 Å². The number of aryl methyl sites for hydroxylation is 1. The first-order valence-corrected chi connectivity index (χ1v) is 8.56. The summed E-state index contributed by atoms with van der Waals surface area (Å²) in [5.74, 6) is -0.992. The van der Waals surface area contributed by atoms with Crippen molar-refractivity contribution in [3.63, 3.8) is 0 Å². The summed E-state index contributed by atoms with van der Waals surface area (Å²) in [5, 5.41) is 9.23. The third-order valence-corrected chi connectivity index (χ3v) is 4.32. The monoisotopic (exact) mass is 338 g/mol. The fourth-order valence-electron chi connectivity index (χ4n) is 2.76. The highest BCUT2D eigenvalue weighted by Gasteiger charge is 2.30.